The monoisotopic (exact) mass is 403 g/mol. The molecule has 1 atom stereocenters. The number of rotatable bonds is 7. The Bertz CT molecular complexity index is 1020. The second-order valence-corrected chi connectivity index (χ2v) is 7.36. The minimum atomic E-state index is -0.736. The maximum Gasteiger partial charge on any atom is 0.287 e. The van der Waals surface area contributed by atoms with Gasteiger partial charge < -0.3 is 20.0 Å². The summed E-state index contributed by atoms with van der Waals surface area (Å²) in [6.07, 6.45) is 2.84. The van der Waals surface area contributed by atoms with Gasteiger partial charge in [-0.3, -0.25) is 9.59 Å². The molecule has 0 fully saturated rings. The number of amides is 2. The molecule has 1 unspecified atom stereocenters. The van der Waals surface area contributed by atoms with Crippen LogP contribution in [-0.4, -0.2) is 30.9 Å². The summed E-state index contributed by atoms with van der Waals surface area (Å²) in [4.78, 5) is 27.9. The summed E-state index contributed by atoms with van der Waals surface area (Å²) in [6, 6.07) is 18.1. The Balaban J connectivity index is 1.52. The molecule has 30 heavy (non-hydrogen) atoms. The van der Waals surface area contributed by atoms with Crippen LogP contribution in [0.25, 0.3) is 0 Å². The van der Waals surface area contributed by atoms with Gasteiger partial charge in [0.2, 0.25) is 5.91 Å². The molecule has 154 valence electrons. The minimum absolute atomic E-state index is 0.178. The normalized spacial score (nSPS) is 13.6. The van der Waals surface area contributed by atoms with E-state index in [0.29, 0.717) is 6.42 Å². The molecule has 1 aromatic heterocycles. The van der Waals surface area contributed by atoms with Crippen molar-refractivity contribution in [3.05, 3.63) is 83.8 Å². The van der Waals surface area contributed by atoms with Crippen LogP contribution in [0.3, 0.4) is 0 Å². The highest BCUT2D eigenvalue weighted by molar-refractivity contribution is 6.00. The molecular weight excluding hydrogens is 378 g/mol. The van der Waals surface area contributed by atoms with Crippen LogP contribution in [0.1, 0.15) is 28.6 Å². The van der Waals surface area contributed by atoms with Gasteiger partial charge in [0.1, 0.15) is 6.04 Å². The lowest BCUT2D eigenvalue weighted by Gasteiger charge is -2.20. The van der Waals surface area contributed by atoms with E-state index in [4.69, 9.17) is 4.42 Å². The smallest absolute Gasteiger partial charge is 0.287 e. The topological polar surface area (TPSA) is 74.6 Å². The van der Waals surface area contributed by atoms with Crippen molar-refractivity contribution in [2.24, 2.45) is 0 Å². The van der Waals surface area contributed by atoms with E-state index < -0.39 is 11.9 Å². The lowest BCUT2D eigenvalue weighted by molar-refractivity contribution is -0.118. The van der Waals surface area contributed by atoms with Gasteiger partial charge in [0.25, 0.3) is 5.91 Å². The summed E-state index contributed by atoms with van der Waals surface area (Å²) in [7, 11) is 0. The van der Waals surface area contributed by atoms with E-state index in [-0.39, 0.29) is 11.7 Å². The molecule has 0 saturated carbocycles. The molecule has 2 heterocycles. The van der Waals surface area contributed by atoms with Crippen LogP contribution in [0.5, 0.6) is 0 Å². The van der Waals surface area contributed by atoms with Gasteiger partial charge in [-0.25, -0.2) is 0 Å². The first-order valence-corrected chi connectivity index (χ1v) is 10.2. The fraction of sp³-hybridized carbons (Fsp3) is 0.250. The van der Waals surface area contributed by atoms with Crippen LogP contribution in [0.4, 0.5) is 11.4 Å². The first-order valence-electron chi connectivity index (χ1n) is 10.2. The van der Waals surface area contributed by atoms with E-state index in [1.807, 2.05) is 42.5 Å². The predicted octanol–water partition coefficient (Wildman–Crippen LogP) is 3.64. The van der Waals surface area contributed by atoms with Crippen LogP contribution in [-0.2, 0) is 17.6 Å². The Morgan fingerprint density at radius 2 is 1.93 bits per heavy atom. The second kappa shape index (κ2) is 8.86. The van der Waals surface area contributed by atoms with E-state index in [9.17, 15) is 9.59 Å². The lowest BCUT2D eigenvalue weighted by Crippen LogP contribution is -2.45. The highest BCUT2D eigenvalue weighted by Crippen LogP contribution is 2.30. The van der Waals surface area contributed by atoms with Crippen LogP contribution < -0.4 is 15.5 Å². The number of benzene rings is 2. The highest BCUT2D eigenvalue weighted by atomic mass is 16.3. The number of furan rings is 1. The molecule has 0 spiro atoms. The number of fused-ring (bicyclic) bond motifs is 1. The Labute approximate surface area is 175 Å². The SMILES string of the molecule is CCN1CCc2ccc(NC(=O)C(Cc3ccccc3)NC(=O)c3ccco3)cc21. The van der Waals surface area contributed by atoms with Gasteiger partial charge in [0, 0.05) is 30.9 Å². The Morgan fingerprint density at radius 1 is 1.10 bits per heavy atom. The Hall–Kier alpha value is -3.54. The fourth-order valence-corrected chi connectivity index (χ4v) is 3.78. The van der Waals surface area contributed by atoms with E-state index in [1.54, 1.807) is 12.1 Å². The van der Waals surface area contributed by atoms with Crippen LogP contribution in [0, 0.1) is 0 Å². The zero-order valence-electron chi connectivity index (χ0n) is 16.9. The average molecular weight is 403 g/mol. The van der Waals surface area contributed by atoms with Crippen molar-refractivity contribution < 1.29 is 14.0 Å². The molecule has 1 aliphatic rings. The molecule has 2 amide bonds. The average Bonchev–Trinajstić information content (AvgIpc) is 3.44. The minimum Gasteiger partial charge on any atom is -0.459 e. The molecule has 0 radical (unpaired) electrons. The number of carbonyl (C=O) groups is 2. The van der Waals surface area contributed by atoms with Crippen molar-refractivity contribution >= 4 is 23.2 Å². The number of anilines is 2. The largest absolute Gasteiger partial charge is 0.459 e. The maximum absolute atomic E-state index is 13.1. The number of hydrogen-bond acceptors (Lipinski definition) is 4. The highest BCUT2D eigenvalue weighted by Gasteiger charge is 2.24. The molecule has 2 aromatic carbocycles. The summed E-state index contributed by atoms with van der Waals surface area (Å²) < 4.78 is 5.17. The van der Waals surface area contributed by atoms with Gasteiger partial charge in [-0.15, -0.1) is 0 Å². The molecule has 4 rings (SSSR count). The zero-order valence-corrected chi connectivity index (χ0v) is 16.9. The van der Waals surface area contributed by atoms with Gasteiger partial charge in [-0.05, 0) is 48.7 Å². The zero-order chi connectivity index (χ0) is 20.9. The number of nitrogens with one attached hydrogen (secondary N) is 2. The van der Waals surface area contributed by atoms with Crippen molar-refractivity contribution in [3.8, 4) is 0 Å². The molecule has 1 aliphatic heterocycles. The van der Waals surface area contributed by atoms with Crippen LogP contribution in [0.2, 0.25) is 0 Å². The summed E-state index contributed by atoms with van der Waals surface area (Å²) in [5.74, 6) is -0.501. The second-order valence-electron chi connectivity index (χ2n) is 7.36. The molecule has 6 nitrogen and oxygen atoms in total. The molecule has 0 aliphatic carbocycles. The maximum atomic E-state index is 13.1. The van der Waals surface area contributed by atoms with E-state index in [1.165, 1.54) is 11.8 Å². The number of hydrogen-bond donors (Lipinski definition) is 2. The standard InChI is InChI=1S/C24H25N3O3/c1-2-27-13-12-18-10-11-19(16-21(18)27)25-23(28)20(15-17-7-4-3-5-8-17)26-24(29)22-9-6-14-30-22/h3-11,14,16,20H,2,12-13,15H2,1H3,(H,25,28)(H,26,29). The third-order valence-corrected chi connectivity index (χ3v) is 5.38. The summed E-state index contributed by atoms with van der Waals surface area (Å²) in [6.45, 7) is 4.06. The van der Waals surface area contributed by atoms with Crippen molar-refractivity contribution in [1.82, 2.24) is 5.32 Å². The van der Waals surface area contributed by atoms with Gasteiger partial charge in [-0.1, -0.05) is 36.4 Å². The first-order chi connectivity index (χ1) is 14.6. The van der Waals surface area contributed by atoms with Crippen molar-refractivity contribution in [1.29, 1.82) is 0 Å². The lowest BCUT2D eigenvalue weighted by atomic mass is 10.0. The van der Waals surface area contributed by atoms with Gasteiger partial charge in [0.05, 0.1) is 6.26 Å². The molecule has 2 N–H and O–H groups in total. The molecule has 3 aromatic rings. The quantitative estimate of drug-likeness (QED) is 0.632. The van der Waals surface area contributed by atoms with Crippen molar-refractivity contribution in [3.63, 3.8) is 0 Å². The number of nitrogens with zero attached hydrogens (tertiary/aromatic N) is 1. The first kappa shape index (κ1) is 19.8. The van der Waals surface area contributed by atoms with E-state index in [0.717, 1.165) is 36.4 Å². The van der Waals surface area contributed by atoms with Crippen LogP contribution in [0.15, 0.2) is 71.3 Å². The third-order valence-electron chi connectivity index (χ3n) is 5.38. The van der Waals surface area contributed by atoms with E-state index >= 15 is 0 Å². The van der Waals surface area contributed by atoms with Crippen LogP contribution >= 0.6 is 0 Å². The summed E-state index contributed by atoms with van der Waals surface area (Å²) in [5, 5.41) is 5.78. The van der Waals surface area contributed by atoms with Crippen molar-refractivity contribution in [2.75, 3.05) is 23.3 Å². The van der Waals surface area contributed by atoms with Gasteiger partial charge in [0.15, 0.2) is 5.76 Å². The molecule has 0 saturated heterocycles. The van der Waals surface area contributed by atoms with Gasteiger partial charge in [-0.2, -0.15) is 0 Å². The van der Waals surface area contributed by atoms with Gasteiger partial charge >= 0.3 is 0 Å². The van der Waals surface area contributed by atoms with Crippen molar-refractivity contribution in [2.45, 2.75) is 25.8 Å². The fourth-order valence-electron chi connectivity index (χ4n) is 3.78. The number of carbonyl (C=O) groups excluding carboxylic acids is 2. The Kier molecular flexibility index (Phi) is 5.84. The summed E-state index contributed by atoms with van der Waals surface area (Å²) in [5.41, 5.74) is 4.14. The molecular formula is C24H25N3O3. The third kappa shape index (κ3) is 4.38. The van der Waals surface area contributed by atoms with E-state index in [2.05, 4.69) is 28.5 Å². The number of likely N-dealkylation sites (N-methyl/N-ethyl adjacent to an activating group) is 1. The predicted molar refractivity (Wildman–Crippen MR) is 117 cm³/mol. The summed E-state index contributed by atoms with van der Waals surface area (Å²) >= 11 is 0. The Morgan fingerprint density at radius 3 is 2.67 bits per heavy atom. The molecule has 0 bridgehead atoms. The molecule has 6 heteroatoms.